The summed E-state index contributed by atoms with van der Waals surface area (Å²) < 4.78 is 45.7. The van der Waals surface area contributed by atoms with Crippen molar-refractivity contribution in [3.63, 3.8) is 0 Å². The maximum atomic E-state index is 13.9. The zero-order valence-electron chi connectivity index (χ0n) is 24.0. The van der Waals surface area contributed by atoms with Gasteiger partial charge in [0.25, 0.3) is 15.9 Å². The van der Waals surface area contributed by atoms with Crippen LogP contribution in [0.3, 0.4) is 0 Å². The van der Waals surface area contributed by atoms with Crippen LogP contribution in [0.25, 0.3) is 11.0 Å². The fourth-order valence-corrected chi connectivity index (χ4v) is 5.27. The Bertz CT molecular complexity index is 1700. The van der Waals surface area contributed by atoms with Crippen molar-refractivity contribution in [1.82, 2.24) is 14.9 Å². The molecule has 2 N–H and O–H groups in total. The number of carbonyl (C=O) groups is 1. The molecule has 4 aromatic rings. The van der Waals surface area contributed by atoms with Crippen molar-refractivity contribution < 1.29 is 32.5 Å². The average Bonchev–Trinajstić information content (AvgIpc) is 3.00. The molecule has 1 amide bonds. The standard InChI is InChI=1S/C29H33N5O7S/c1-33(2)29(36)19-10-8-11-21(16-19)42(37,38)34(3)28-27(30-22-12-6-7-13-23(22)32-28)31-24-17-20(39-4)18-25(40-5)26(24)41-15-9-14-35/h6-8,10-13,16-18,35H,9,14-15H2,1-5H3,(H,30,31). The number of hydrogen-bond acceptors (Lipinski definition) is 10. The van der Waals surface area contributed by atoms with Gasteiger partial charge in [-0.05, 0) is 30.3 Å². The Labute approximate surface area is 244 Å². The molecule has 13 heteroatoms. The van der Waals surface area contributed by atoms with Crippen LogP contribution in [-0.2, 0) is 10.0 Å². The van der Waals surface area contributed by atoms with E-state index in [0.29, 0.717) is 40.4 Å². The van der Waals surface area contributed by atoms with E-state index in [4.69, 9.17) is 19.2 Å². The molecule has 0 unspecified atom stereocenters. The predicted octanol–water partition coefficient (Wildman–Crippen LogP) is 3.68. The summed E-state index contributed by atoms with van der Waals surface area (Å²) in [7, 11) is 3.33. The van der Waals surface area contributed by atoms with Crippen LogP contribution in [0, 0.1) is 0 Å². The molecule has 12 nitrogen and oxygen atoms in total. The van der Waals surface area contributed by atoms with Gasteiger partial charge < -0.3 is 29.5 Å². The number of ether oxygens (including phenoxy) is 3. The number of aliphatic hydroxyl groups excluding tert-OH is 1. The van der Waals surface area contributed by atoms with Gasteiger partial charge in [-0.2, -0.15) is 0 Å². The molecule has 222 valence electrons. The van der Waals surface area contributed by atoms with Crippen molar-refractivity contribution in [3.8, 4) is 17.2 Å². The third kappa shape index (κ3) is 6.31. The van der Waals surface area contributed by atoms with Crippen molar-refractivity contribution in [2.75, 3.05) is 58.2 Å². The lowest BCUT2D eigenvalue weighted by molar-refractivity contribution is 0.0827. The first-order valence-electron chi connectivity index (χ1n) is 12.9. The van der Waals surface area contributed by atoms with Gasteiger partial charge in [-0.15, -0.1) is 0 Å². The van der Waals surface area contributed by atoms with Gasteiger partial charge in [0.05, 0.1) is 42.4 Å². The molecule has 0 aliphatic rings. The minimum atomic E-state index is -4.20. The third-order valence-corrected chi connectivity index (χ3v) is 8.03. The number of nitrogens with zero attached hydrogens (tertiary/aromatic N) is 4. The zero-order valence-corrected chi connectivity index (χ0v) is 24.8. The first kappa shape index (κ1) is 30.3. The lowest BCUT2D eigenvalue weighted by Gasteiger charge is -2.23. The van der Waals surface area contributed by atoms with Gasteiger partial charge in [-0.25, -0.2) is 22.7 Å². The summed E-state index contributed by atoms with van der Waals surface area (Å²) in [5, 5.41) is 12.4. The van der Waals surface area contributed by atoms with E-state index in [1.54, 1.807) is 56.6 Å². The molecule has 0 saturated carbocycles. The number of carbonyl (C=O) groups excluding carboxylic acids is 1. The molecular formula is C29H33N5O7S. The maximum Gasteiger partial charge on any atom is 0.265 e. The average molecular weight is 596 g/mol. The number of anilines is 3. The van der Waals surface area contributed by atoms with Gasteiger partial charge in [0.1, 0.15) is 5.75 Å². The second-order valence-corrected chi connectivity index (χ2v) is 11.3. The first-order chi connectivity index (χ1) is 20.1. The van der Waals surface area contributed by atoms with Crippen LogP contribution in [0.4, 0.5) is 17.3 Å². The van der Waals surface area contributed by atoms with E-state index in [9.17, 15) is 18.3 Å². The van der Waals surface area contributed by atoms with E-state index >= 15 is 0 Å². The molecule has 0 atom stereocenters. The Morgan fingerprint density at radius 2 is 1.67 bits per heavy atom. The molecule has 0 bridgehead atoms. The fourth-order valence-electron chi connectivity index (χ4n) is 4.07. The van der Waals surface area contributed by atoms with Crippen LogP contribution in [-0.4, -0.2) is 82.9 Å². The summed E-state index contributed by atoms with van der Waals surface area (Å²) in [6.07, 6.45) is 0.381. The number of benzene rings is 3. The summed E-state index contributed by atoms with van der Waals surface area (Å²) in [5.41, 5.74) is 1.59. The number of rotatable bonds is 12. The SMILES string of the molecule is COc1cc(Nc2nc3ccccc3nc2N(C)S(=O)(=O)c2cccc(C(=O)N(C)C)c2)c(OCCCO)c(OC)c1. The normalized spacial score (nSPS) is 11.2. The second-order valence-electron chi connectivity index (χ2n) is 9.34. The monoisotopic (exact) mass is 595 g/mol. The van der Waals surface area contributed by atoms with E-state index in [1.807, 2.05) is 0 Å². The summed E-state index contributed by atoms with van der Waals surface area (Å²) in [5.74, 6) is 0.899. The lowest BCUT2D eigenvalue weighted by atomic mass is 10.2. The third-order valence-electron chi connectivity index (χ3n) is 6.28. The van der Waals surface area contributed by atoms with Gasteiger partial charge in [-0.3, -0.25) is 4.79 Å². The van der Waals surface area contributed by atoms with Gasteiger partial charge in [0.2, 0.25) is 0 Å². The van der Waals surface area contributed by atoms with Crippen LogP contribution in [0.2, 0.25) is 0 Å². The Morgan fingerprint density at radius 3 is 2.31 bits per heavy atom. The van der Waals surface area contributed by atoms with E-state index in [1.165, 1.54) is 44.4 Å². The fraction of sp³-hybridized carbons (Fsp3) is 0.276. The van der Waals surface area contributed by atoms with E-state index < -0.39 is 10.0 Å². The Hall–Kier alpha value is -4.62. The number of para-hydroxylation sites is 2. The number of methoxy groups -OCH3 is 2. The van der Waals surface area contributed by atoms with E-state index in [-0.39, 0.29) is 41.2 Å². The molecule has 42 heavy (non-hydrogen) atoms. The highest BCUT2D eigenvalue weighted by molar-refractivity contribution is 7.92. The van der Waals surface area contributed by atoms with Crippen LogP contribution in [0.1, 0.15) is 16.8 Å². The minimum absolute atomic E-state index is 0.00105. The van der Waals surface area contributed by atoms with E-state index in [2.05, 4.69) is 10.3 Å². The molecule has 0 radical (unpaired) electrons. The largest absolute Gasteiger partial charge is 0.497 e. The number of nitrogens with one attached hydrogen (secondary N) is 1. The molecule has 1 heterocycles. The molecule has 0 aliphatic carbocycles. The van der Waals surface area contributed by atoms with Crippen molar-refractivity contribution in [1.29, 1.82) is 0 Å². The molecule has 0 aliphatic heterocycles. The number of fused-ring (bicyclic) bond motifs is 1. The molecule has 3 aromatic carbocycles. The summed E-state index contributed by atoms with van der Waals surface area (Å²) in [6, 6.07) is 16.2. The minimum Gasteiger partial charge on any atom is -0.497 e. The molecule has 0 spiro atoms. The van der Waals surface area contributed by atoms with E-state index in [0.717, 1.165) is 4.31 Å². The lowest BCUT2D eigenvalue weighted by Crippen LogP contribution is -2.29. The highest BCUT2D eigenvalue weighted by Gasteiger charge is 2.28. The summed E-state index contributed by atoms with van der Waals surface area (Å²) in [4.78, 5) is 23.2. The summed E-state index contributed by atoms with van der Waals surface area (Å²) in [6.45, 7) is 0.131. The van der Waals surface area contributed by atoms with Crippen LogP contribution < -0.4 is 23.8 Å². The first-order valence-corrected chi connectivity index (χ1v) is 14.4. The van der Waals surface area contributed by atoms with Gasteiger partial charge in [0, 0.05) is 51.9 Å². The highest BCUT2D eigenvalue weighted by Crippen LogP contribution is 2.42. The maximum absolute atomic E-state index is 13.9. The van der Waals surface area contributed by atoms with Crippen LogP contribution in [0.15, 0.2) is 65.6 Å². The Morgan fingerprint density at radius 1 is 0.952 bits per heavy atom. The Balaban J connectivity index is 1.85. The number of sulfonamides is 1. The van der Waals surface area contributed by atoms with Gasteiger partial charge in [0.15, 0.2) is 23.1 Å². The summed E-state index contributed by atoms with van der Waals surface area (Å²) >= 11 is 0. The molecular weight excluding hydrogens is 562 g/mol. The van der Waals surface area contributed by atoms with Crippen molar-refractivity contribution >= 4 is 44.3 Å². The van der Waals surface area contributed by atoms with Gasteiger partial charge in [-0.1, -0.05) is 18.2 Å². The number of aliphatic hydroxyl groups is 1. The number of aromatic nitrogens is 2. The quantitative estimate of drug-likeness (QED) is 0.233. The topological polar surface area (TPSA) is 143 Å². The van der Waals surface area contributed by atoms with Crippen LogP contribution in [0.5, 0.6) is 17.2 Å². The number of hydrogen-bond donors (Lipinski definition) is 2. The molecule has 4 rings (SSSR count). The molecule has 0 saturated heterocycles. The van der Waals surface area contributed by atoms with Crippen molar-refractivity contribution in [3.05, 3.63) is 66.2 Å². The highest BCUT2D eigenvalue weighted by atomic mass is 32.2. The van der Waals surface area contributed by atoms with Crippen molar-refractivity contribution in [2.24, 2.45) is 0 Å². The van der Waals surface area contributed by atoms with Crippen LogP contribution >= 0.6 is 0 Å². The second kappa shape index (κ2) is 12.9. The molecule has 0 fully saturated rings. The van der Waals surface area contributed by atoms with Gasteiger partial charge >= 0.3 is 0 Å². The smallest absolute Gasteiger partial charge is 0.265 e. The molecule has 1 aromatic heterocycles. The number of amides is 1. The predicted molar refractivity (Wildman–Crippen MR) is 160 cm³/mol. The Kier molecular flexibility index (Phi) is 9.33. The zero-order chi connectivity index (χ0) is 30.4. The van der Waals surface area contributed by atoms with Crippen molar-refractivity contribution in [2.45, 2.75) is 11.3 Å².